The van der Waals surface area contributed by atoms with E-state index in [-0.39, 0.29) is 5.84 Å². The van der Waals surface area contributed by atoms with Crippen LogP contribution in [-0.2, 0) is 0 Å². The molecule has 23 heavy (non-hydrogen) atoms. The zero-order valence-electron chi connectivity index (χ0n) is 12.5. The van der Waals surface area contributed by atoms with Crippen LogP contribution in [0.3, 0.4) is 0 Å². The second-order valence-corrected chi connectivity index (χ2v) is 5.10. The van der Waals surface area contributed by atoms with Crippen molar-refractivity contribution in [2.24, 2.45) is 16.0 Å². The molecule has 0 aliphatic rings. The molecule has 2 heterocycles. The Hall–Kier alpha value is -3.35. The summed E-state index contributed by atoms with van der Waals surface area (Å²) in [6.07, 6.45) is 3.20. The fraction of sp³-hybridized carbons (Fsp3) is 0.0625. The van der Waals surface area contributed by atoms with E-state index in [1.165, 1.54) is 6.20 Å². The molecule has 114 valence electrons. The molecule has 2 aromatic heterocycles. The first kappa shape index (κ1) is 14.6. The number of hydrogen-bond donors (Lipinski definition) is 3. The van der Waals surface area contributed by atoms with Crippen LogP contribution in [0.25, 0.3) is 10.8 Å². The Balaban J connectivity index is 2.00. The maximum atomic E-state index is 7.34. The number of fused-ring (bicyclic) bond motifs is 1. The predicted molar refractivity (Wildman–Crippen MR) is 90.3 cm³/mol. The number of nitrogens with zero attached hydrogens (tertiary/aromatic N) is 4. The van der Waals surface area contributed by atoms with E-state index >= 15 is 0 Å². The van der Waals surface area contributed by atoms with Crippen LogP contribution in [-0.4, -0.2) is 15.8 Å². The standard InChI is InChI=1S/C16H15N7/c1-9-2-4-12-11(6-9)8-21-16(19)14(12)23-22-13-5-3-10(7-20-13)15(17)18/h2-8H,1H3,(H3,17,18)(H2,19,21). The number of azo groups is 1. The molecule has 0 aliphatic heterocycles. The van der Waals surface area contributed by atoms with Crippen LogP contribution in [0.15, 0.2) is 53.0 Å². The molecule has 0 saturated carbocycles. The highest BCUT2D eigenvalue weighted by Gasteiger charge is 2.07. The van der Waals surface area contributed by atoms with E-state index in [9.17, 15) is 0 Å². The van der Waals surface area contributed by atoms with Crippen molar-refractivity contribution < 1.29 is 0 Å². The maximum absolute atomic E-state index is 7.34. The van der Waals surface area contributed by atoms with Crippen LogP contribution < -0.4 is 11.5 Å². The lowest BCUT2D eigenvalue weighted by molar-refractivity contribution is 1.15. The first-order valence-electron chi connectivity index (χ1n) is 6.91. The number of nitrogens with one attached hydrogen (secondary N) is 1. The minimum absolute atomic E-state index is 0.0427. The van der Waals surface area contributed by atoms with Gasteiger partial charge in [0.2, 0.25) is 0 Å². The normalized spacial score (nSPS) is 11.2. The highest BCUT2D eigenvalue weighted by atomic mass is 15.2. The molecule has 5 N–H and O–H groups in total. The monoisotopic (exact) mass is 305 g/mol. The van der Waals surface area contributed by atoms with Gasteiger partial charge in [0.15, 0.2) is 11.6 Å². The van der Waals surface area contributed by atoms with Crippen LogP contribution in [0.4, 0.5) is 17.3 Å². The number of anilines is 1. The van der Waals surface area contributed by atoms with Gasteiger partial charge < -0.3 is 11.5 Å². The Morgan fingerprint density at radius 1 is 1.09 bits per heavy atom. The number of hydrogen-bond acceptors (Lipinski definition) is 6. The molecule has 7 nitrogen and oxygen atoms in total. The summed E-state index contributed by atoms with van der Waals surface area (Å²) >= 11 is 0. The molecule has 1 aromatic carbocycles. The van der Waals surface area contributed by atoms with E-state index in [1.54, 1.807) is 18.3 Å². The zero-order valence-corrected chi connectivity index (χ0v) is 12.5. The smallest absolute Gasteiger partial charge is 0.174 e. The minimum Gasteiger partial charge on any atom is -0.384 e. The number of amidine groups is 1. The van der Waals surface area contributed by atoms with Crippen LogP contribution >= 0.6 is 0 Å². The molecule has 0 aliphatic carbocycles. The number of benzene rings is 1. The molecular formula is C16H15N7. The van der Waals surface area contributed by atoms with Crippen LogP contribution in [0, 0.1) is 12.3 Å². The van der Waals surface area contributed by atoms with Crippen molar-refractivity contribution in [2.45, 2.75) is 6.92 Å². The van der Waals surface area contributed by atoms with Crippen molar-refractivity contribution in [3.8, 4) is 0 Å². The average molecular weight is 305 g/mol. The van der Waals surface area contributed by atoms with Gasteiger partial charge in [0.05, 0.1) is 0 Å². The predicted octanol–water partition coefficient (Wildman–Crippen LogP) is 3.22. The van der Waals surface area contributed by atoms with Gasteiger partial charge in [-0.05, 0) is 25.1 Å². The summed E-state index contributed by atoms with van der Waals surface area (Å²) in [7, 11) is 0. The molecular weight excluding hydrogens is 290 g/mol. The van der Waals surface area contributed by atoms with E-state index in [4.69, 9.17) is 16.9 Å². The Kier molecular flexibility index (Phi) is 3.68. The van der Waals surface area contributed by atoms with Gasteiger partial charge in [-0.1, -0.05) is 17.7 Å². The summed E-state index contributed by atoms with van der Waals surface area (Å²) < 4.78 is 0. The minimum atomic E-state index is -0.0427. The lowest BCUT2D eigenvalue weighted by Gasteiger charge is -2.04. The molecule has 0 spiro atoms. The number of nitrogens with two attached hydrogens (primary N) is 2. The second kappa shape index (κ2) is 5.80. The van der Waals surface area contributed by atoms with Gasteiger partial charge in [-0.15, -0.1) is 10.2 Å². The quantitative estimate of drug-likeness (QED) is 0.390. The largest absolute Gasteiger partial charge is 0.384 e. The molecule has 0 bridgehead atoms. The van der Waals surface area contributed by atoms with Crippen molar-refractivity contribution in [1.82, 2.24) is 9.97 Å². The summed E-state index contributed by atoms with van der Waals surface area (Å²) in [5.41, 5.74) is 13.5. The SMILES string of the molecule is Cc1ccc2c(N=Nc3ccc(C(=N)N)cn3)c(N)ncc2c1. The van der Waals surface area contributed by atoms with Gasteiger partial charge in [0.25, 0.3) is 0 Å². The second-order valence-electron chi connectivity index (χ2n) is 5.10. The molecule has 7 heteroatoms. The lowest BCUT2D eigenvalue weighted by atomic mass is 10.1. The molecule has 0 saturated heterocycles. The highest BCUT2D eigenvalue weighted by molar-refractivity contribution is 5.96. The molecule has 0 amide bonds. The lowest BCUT2D eigenvalue weighted by Crippen LogP contribution is -2.10. The summed E-state index contributed by atoms with van der Waals surface area (Å²) in [5.74, 6) is 0.669. The van der Waals surface area contributed by atoms with E-state index in [0.29, 0.717) is 22.9 Å². The first-order valence-corrected chi connectivity index (χ1v) is 6.91. The maximum Gasteiger partial charge on any atom is 0.174 e. The highest BCUT2D eigenvalue weighted by Crippen LogP contribution is 2.31. The molecule has 3 rings (SSSR count). The summed E-state index contributed by atoms with van der Waals surface area (Å²) in [5, 5.41) is 17.5. The van der Waals surface area contributed by atoms with Gasteiger partial charge in [-0.25, -0.2) is 9.97 Å². The molecule has 0 radical (unpaired) electrons. The van der Waals surface area contributed by atoms with Crippen molar-refractivity contribution in [3.63, 3.8) is 0 Å². The van der Waals surface area contributed by atoms with Crippen molar-refractivity contribution in [2.75, 3.05) is 5.73 Å². The van der Waals surface area contributed by atoms with Crippen LogP contribution in [0.2, 0.25) is 0 Å². The van der Waals surface area contributed by atoms with Crippen LogP contribution in [0.5, 0.6) is 0 Å². The Bertz CT molecular complexity index is 914. The number of aryl methyl sites for hydroxylation is 1. The topological polar surface area (TPSA) is 126 Å². The third-order valence-corrected chi connectivity index (χ3v) is 3.36. The van der Waals surface area contributed by atoms with Gasteiger partial charge in [-0.3, -0.25) is 5.41 Å². The number of nitrogen functional groups attached to an aromatic ring is 2. The summed E-state index contributed by atoms with van der Waals surface area (Å²) in [4.78, 5) is 8.25. The molecule has 0 unspecified atom stereocenters. The Morgan fingerprint density at radius 3 is 2.61 bits per heavy atom. The fourth-order valence-corrected chi connectivity index (χ4v) is 2.15. The number of aromatic nitrogens is 2. The van der Waals surface area contributed by atoms with E-state index in [2.05, 4.69) is 20.2 Å². The molecule has 0 fully saturated rings. The van der Waals surface area contributed by atoms with E-state index in [1.807, 2.05) is 25.1 Å². The van der Waals surface area contributed by atoms with E-state index < -0.39 is 0 Å². The number of pyridine rings is 2. The van der Waals surface area contributed by atoms with Crippen molar-refractivity contribution in [3.05, 3.63) is 53.9 Å². The van der Waals surface area contributed by atoms with Gasteiger partial charge in [0, 0.05) is 28.7 Å². The first-order chi connectivity index (χ1) is 11.0. The van der Waals surface area contributed by atoms with Crippen molar-refractivity contribution in [1.29, 1.82) is 5.41 Å². The Labute approximate surface area is 132 Å². The molecule has 3 aromatic rings. The summed E-state index contributed by atoms with van der Waals surface area (Å²) in [6, 6.07) is 9.25. The fourth-order valence-electron chi connectivity index (χ4n) is 2.15. The zero-order chi connectivity index (χ0) is 16.4. The third-order valence-electron chi connectivity index (χ3n) is 3.36. The van der Waals surface area contributed by atoms with Crippen LogP contribution in [0.1, 0.15) is 11.1 Å². The van der Waals surface area contributed by atoms with E-state index in [0.717, 1.165) is 16.3 Å². The van der Waals surface area contributed by atoms with Gasteiger partial charge in [-0.2, -0.15) is 0 Å². The van der Waals surface area contributed by atoms with Gasteiger partial charge in [0.1, 0.15) is 11.5 Å². The summed E-state index contributed by atoms with van der Waals surface area (Å²) in [6.45, 7) is 2.01. The number of rotatable bonds is 3. The Morgan fingerprint density at radius 2 is 1.91 bits per heavy atom. The molecule has 0 atom stereocenters. The van der Waals surface area contributed by atoms with Crippen molar-refractivity contribution >= 4 is 33.9 Å². The average Bonchev–Trinajstić information content (AvgIpc) is 2.54. The third kappa shape index (κ3) is 2.98. The van der Waals surface area contributed by atoms with Gasteiger partial charge >= 0.3 is 0 Å².